The summed E-state index contributed by atoms with van der Waals surface area (Å²) in [4.78, 5) is 6.91. The van der Waals surface area contributed by atoms with Crippen molar-refractivity contribution in [2.75, 3.05) is 29.5 Å². The Labute approximate surface area is 124 Å². The molecule has 2 aromatic rings. The number of thioether (sulfide) groups is 1. The van der Waals surface area contributed by atoms with Crippen molar-refractivity contribution < 1.29 is 0 Å². The van der Waals surface area contributed by atoms with Gasteiger partial charge in [-0.1, -0.05) is 26.0 Å². The molecular formula is C16H21N3S. The molecule has 2 heterocycles. The first-order valence-corrected chi connectivity index (χ1v) is 8.07. The van der Waals surface area contributed by atoms with Crippen LogP contribution in [0.25, 0.3) is 10.9 Å². The average molecular weight is 287 g/mol. The molecule has 0 spiro atoms. The van der Waals surface area contributed by atoms with Crippen LogP contribution in [0.4, 0.5) is 11.4 Å². The first-order chi connectivity index (χ1) is 9.57. The zero-order valence-electron chi connectivity index (χ0n) is 12.1. The van der Waals surface area contributed by atoms with Gasteiger partial charge in [-0.3, -0.25) is 4.98 Å². The number of aromatic nitrogens is 1. The Morgan fingerprint density at radius 3 is 2.95 bits per heavy atom. The van der Waals surface area contributed by atoms with Gasteiger partial charge in [0, 0.05) is 40.9 Å². The Kier molecular flexibility index (Phi) is 3.50. The standard InChI is InChI=1S/C16H21N3S/c1-16(2)7-9-19(10-11-20-16)14-6-8-18-15-12(14)4-3-5-13(15)17/h3-6,8H,7,9-11,17H2,1-2H3. The van der Waals surface area contributed by atoms with Gasteiger partial charge in [0.15, 0.2) is 0 Å². The average Bonchev–Trinajstić information content (AvgIpc) is 2.60. The second-order valence-corrected chi connectivity index (χ2v) is 7.72. The van der Waals surface area contributed by atoms with E-state index < -0.39 is 0 Å². The van der Waals surface area contributed by atoms with Gasteiger partial charge in [-0.2, -0.15) is 11.8 Å². The van der Waals surface area contributed by atoms with Crippen LogP contribution in [0.5, 0.6) is 0 Å². The summed E-state index contributed by atoms with van der Waals surface area (Å²) in [6, 6.07) is 8.17. The van der Waals surface area contributed by atoms with Gasteiger partial charge < -0.3 is 10.6 Å². The molecule has 1 fully saturated rings. The molecule has 4 heteroatoms. The lowest BCUT2D eigenvalue weighted by Crippen LogP contribution is -2.27. The van der Waals surface area contributed by atoms with Crippen molar-refractivity contribution in [3.63, 3.8) is 0 Å². The molecule has 0 saturated carbocycles. The summed E-state index contributed by atoms with van der Waals surface area (Å²) in [5, 5.41) is 1.16. The van der Waals surface area contributed by atoms with Crippen molar-refractivity contribution in [3.8, 4) is 0 Å². The van der Waals surface area contributed by atoms with Crippen LogP contribution in [0.1, 0.15) is 20.3 Å². The van der Waals surface area contributed by atoms with Crippen LogP contribution in [0, 0.1) is 0 Å². The van der Waals surface area contributed by atoms with Crippen molar-refractivity contribution in [2.24, 2.45) is 0 Å². The molecule has 1 aliphatic heterocycles. The number of anilines is 2. The summed E-state index contributed by atoms with van der Waals surface area (Å²) in [7, 11) is 0. The molecule has 0 radical (unpaired) electrons. The highest BCUT2D eigenvalue weighted by atomic mass is 32.2. The van der Waals surface area contributed by atoms with Gasteiger partial charge in [0.25, 0.3) is 0 Å². The minimum atomic E-state index is 0.372. The van der Waals surface area contributed by atoms with Gasteiger partial charge in [0.05, 0.1) is 11.2 Å². The Morgan fingerprint density at radius 1 is 1.25 bits per heavy atom. The zero-order chi connectivity index (χ0) is 14.2. The fraction of sp³-hybridized carbons (Fsp3) is 0.438. The topological polar surface area (TPSA) is 42.2 Å². The Balaban J connectivity index is 2.00. The highest BCUT2D eigenvalue weighted by Gasteiger charge is 2.24. The third-order valence-corrected chi connectivity index (χ3v) is 5.33. The lowest BCUT2D eigenvalue weighted by molar-refractivity contribution is 0.638. The first-order valence-electron chi connectivity index (χ1n) is 7.09. The van der Waals surface area contributed by atoms with Gasteiger partial charge in [-0.15, -0.1) is 0 Å². The van der Waals surface area contributed by atoms with Crippen LogP contribution in [0.15, 0.2) is 30.5 Å². The van der Waals surface area contributed by atoms with E-state index >= 15 is 0 Å². The molecule has 0 atom stereocenters. The van der Waals surface area contributed by atoms with E-state index in [0.29, 0.717) is 4.75 Å². The lowest BCUT2D eigenvalue weighted by atomic mass is 10.1. The van der Waals surface area contributed by atoms with E-state index in [0.717, 1.165) is 29.7 Å². The van der Waals surface area contributed by atoms with Crippen LogP contribution in [0.2, 0.25) is 0 Å². The minimum Gasteiger partial charge on any atom is -0.397 e. The number of benzene rings is 1. The third-order valence-electron chi connectivity index (χ3n) is 3.96. The van der Waals surface area contributed by atoms with Crippen molar-refractivity contribution >= 4 is 34.0 Å². The number of para-hydroxylation sites is 1. The van der Waals surface area contributed by atoms with Crippen molar-refractivity contribution in [1.82, 2.24) is 4.98 Å². The largest absolute Gasteiger partial charge is 0.397 e. The first kappa shape index (κ1) is 13.6. The fourth-order valence-corrected chi connectivity index (χ4v) is 3.82. The minimum absolute atomic E-state index is 0.372. The van der Waals surface area contributed by atoms with E-state index in [-0.39, 0.29) is 0 Å². The molecule has 0 bridgehead atoms. The van der Waals surface area contributed by atoms with Gasteiger partial charge in [0.1, 0.15) is 0 Å². The number of nitrogens with zero attached hydrogens (tertiary/aromatic N) is 2. The number of nitrogens with two attached hydrogens (primary N) is 1. The fourth-order valence-electron chi connectivity index (χ4n) is 2.72. The van der Waals surface area contributed by atoms with Crippen LogP contribution in [-0.2, 0) is 0 Å². The van der Waals surface area contributed by atoms with Gasteiger partial charge in [0.2, 0.25) is 0 Å². The molecule has 0 amide bonds. The molecule has 1 aliphatic rings. The van der Waals surface area contributed by atoms with E-state index in [9.17, 15) is 0 Å². The van der Waals surface area contributed by atoms with E-state index in [1.54, 1.807) is 0 Å². The SMILES string of the molecule is CC1(C)CCN(c2ccnc3c(N)cccc23)CCS1. The zero-order valence-corrected chi connectivity index (χ0v) is 12.9. The van der Waals surface area contributed by atoms with Gasteiger partial charge >= 0.3 is 0 Å². The molecule has 3 rings (SSSR count). The molecule has 1 aromatic heterocycles. The highest BCUT2D eigenvalue weighted by molar-refractivity contribution is 8.00. The molecular weight excluding hydrogens is 266 g/mol. The van der Waals surface area contributed by atoms with Gasteiger partial charge in [-0.05, 0) is 18.6 Å². The highest BCUT2D eigenvalue weighted by Crippen LogP contribution is 2.34. The number of pyridine rings is 1. The Morgan fingerprint density at radius 2 is 2.10 bits per heavy atom. The molecule has 106 valence electrons. The Bertz CT molecular complexity index is 624. The van der Waals surface area contributed by atoms with E-state index in [2.05, 4.69) is 47.6 Å². The number of hydrogen-bond donors (Lipinski definition) is 1. The van der Waals surface area contributed by atoms with E-state index in [1.807, 2.05) is 18.3 Å². The Hall–Kier alpha value is -1.42. The molecule has 2 N–H and O–H groups in total. The molecule has 0 unspecified atom stereocenters. The monoisotopic (exact) mass is 287 g/mol. The maximum Gasteiger partial charge on any atom is 0.0951 e. The van der Waals surface area contributed by atoms with Crippen LogP contribution in [-0.4, -0.2) is 28.6 Å². The van der Waals surface area contributed by atoms with Gasteiger partial charge in [-0.25, -0.2) is 0 Å². The lowest BCUT2D eigenvalue weighted by Gasteiger charge is -2.25. The smallest absolute Gasteiger partial charge is 0.0951 e. The second kappa shape index (κ2) is 5.17. The number of rotatable bonds is 1. The normalized spacial score (nSPS) is 19.0. The molecule has 20 heavy (non-hydrogen) atoms. The summed E-state index contributed by atoms with van der Waals surface area (Å²) < 4.78 is 0.372. The quantitative estimate of drug-likeness (QED) is 0.815. The van der Waals surface area contributed by atoms with Crippen LogP contribution < -0.4 is 10.6 Å². The molecule has 1 saturated heterocycles. The summed E-state index contributed by atoms with van der Waals surface area (Å²) in [5.74, 6) is 1.17. The second-order valence-electron chi connectivity index (χ2n) is 5.92. The van der Waals surface area contributed by atoms with Crippen molar-refractivity contribution in [1.29, 1.82) is 0 Å². The molecule has 3 nitrogen and oxygen atoms in total. The van der Waals surface area contributed by atoms with Crippen LogP contribution >= 0.6 is 11.8 Å². The van der Waals surface area contributed by atoms with Crippen molar-refractivity contribution in [3.05, 3.63) is 30.5 Å². The number of nitrogen functional groups attached to an aromatic ring is 1. The summed E-state index contributed by atoms with van der Waals surface area (Å²) in [6.07, 6.45) is 3.07. The van der Waals surface area contributed by atoms with E-state index in [4.69, 9.17) is 5.73 Å². The summed E-state index contributed by atoms with van der Waals surface area (Å²) in [5.41, 5.74) is 8.98. The summed E-state index contributed by atoms with van der Waals surface area (Å²) in [6.45, 7) is 6.85. The predicted octanol–water partition coefficient (Wildman–Crippen LogP) is 3.54. The van der Waals surface area contributed by atoms with Crippen molar-refractivity contribution in [2.45, 2.75) is 25.0 Å². The van der Waals surface area contributed by atoms with E-state index in [1.165, 1.54) is 17.9 Å². The summed E-state index contributed by atoms with van der Waals surface area (Å²) >= 11 is 2.07. The molecule has 1 aromatic carbocycles. The maximum atomic E-state index is 6.04. The number of hydrogen-bond acceptors (Lipinski definition) is 4. The van der Waals surface area contributed by atoms with Crippen LogP contribution in [0.3, 0.4) is 0 Å². The maximum absolute atomic E-state index is 6.04. The third kappa shape index (κ3) is 2.57. The number of fused-ring (bicyclic) bond motifs is 1. The molecule has 0 aliphatic carbocycles. The predicted molar refractivity (Wildman–Crippen MR) is 89.5 cm³/mol.